The third kappa shape index (κ3) is 3.82. The number of carbonyl (C=O) groups excluding carboxylic acids is 2. The summed E-state index contributed by atoms with van der Waals surface area (Å²) < 4.78 is 1.53. The Hall–Kier alpha value is -1.51. The van der Waals surface area contributed by atoms with Crippen LogP contribution in [0.4, 0.5) is 5.69 Å². The van der Waals surface area contributed by atoms with Crippen molar-refractivity contribution in [3.63, 3.8) is 0 Å². The maximum Gasteiger partial charge on any atom is 0.264 e. The zero-order valence-corrected chi connectivity index (χ0v) is 19.6. The Kier molecular flexibility index (Phi) is 5.70. The van der Waals surface area contributed by atoms with E-state index >= 15 is 0 Å². The van der Waals surface area contributed by atoms with Crippen LogP contribution in [0.5, 0.6) is 0 Å². The van der Waals surface area contributed by atoms with Crippen molar-refractivity contribution in [2.75, 3.05) is 4.90 Å². The van der Waals surface area contributed by atoms with Crippen LogP contribution in [0.2, 0.25) is 5.02 Å². The Labute approximate surface area is 193 Å². The number of anilines is 1. The van der Waals surface area contributed by atoms with Crippen LogP contribution >= 0.6 is 54.8 Å². The second-order valence-corrected chi connectivity index (χ2v) is 10.5. The first-order chi connectivity index (χ1) is 13.8. The minimum Gasteiger partial charge on any atom is -0.375 e. The number of nitrogens with zero attached hydrogens (tertiary/aromatic N) is 1. The summed E-state index contributed by atoms with van der Waals surface area (Å²) >= 11 is 14.3. The maximum atomic E-state index is 13.3. The van der Waals surface area contributed by atoms with Crippen LogP contribution in [-0.4, -0.2) is 16.8 Å². The molecule has 4 nitrogen and oxygen atoms in total. The number of ketones is 1. The van der Waals surface area contributed by atoms with E-state index in [1.54, 1.807) is 36.4 Å². The largest absolute Gasteiger partial charge is 0.375 e. The fourth-order valence-electron chi connectivity index (χ4n) is 3.43. The van der Waals surface area contributed by atoms with Crippen molar-refractivity contribution >= 4 is 72.2 Å². The third-order valence-electron chi connectivity index (χ3n) is 4.84. The summed E-state index contributed by atoms with van der Waals surface area (Å²) in [4.78, 5) is 28.1. The number of rotatable bonds is 5. The van der Waals surface area contributed by atoms with Gasteiger partial charge in [-0.15, -0.1) is 11.3 Å². The fraction of sp³-hybridized carbons (Fsp3) is 0.143. The van der Waals surface area contributed by atoms with Gasteiger partial charge in [0.05, 0.1) is 27.3 Å². The third-order valence-corrected chi connectivity index (χ3v) is 7.37. The molecule has 3 aromatic rings. The van der Waals surface area contributed by atoms with Crippen LogP contribution < -0.4 is 4.90 Å². The van der Waals surface area contributed by atoms with E-state index in [4.69, 9.17) is 11.6 Å². The van der Waals surface area contributed by atoms with Crippen LogP contribution in [-0.2, 0) is 16.9 Å². The highest BCUT2D eigenvalue weighted by Crippen LogP contribution is 2.45. The number of Topliss-reactive ketones (excluding diaryl/α,β-unsaturated/α-hetero) is 1. The van der Waals surface area contributed by atoms with Crippen LogP contribution in [0.25, 0.3) is 0 Å². The fourth-order valence-corrected chi connectivity index (χ4v) is 5.31. The van der Waals surface area contributed by atoms with Crippen LogP contribution in [0.1, 0.15) is 27.2 Å². The number of benzene rings is 2. The normalized spacial score (nSPS) is 18.2. The molecule has 2 aromatic carbocycles. The molecule has 148 valence electrons. The van der Waals surface area contributed by atoms with Gasteiger partial charge in [-0.25, -0.2) is 0 Å². The number of carbonyl (C=O) groups is 2. The molecular formula is C21H14Br2ClNO3S. The van der Waals surface area contributed by atoms with Gasteiger partial charge in [0.1, 0.15) is 0 Å². The molecule has 1 aliphatic rings. The molecule has 0 bridgehead atoms. The summed E-state index contributed by atoms with van der Waals surface area (Å²) in [5, 5.41) is 12.0. The zero-order valence-electron chi connectivity index (χ0n) is 14.9. The highest BCUT2D eigenvalue weighted by molar-refractivity contribution is 9.11. The second-order valence-electron chi connectivity index (χ2n) is 6.71. The van der Waals surface area contributed by atoms with Crippen LogP contribution in [0.3, 0.4) is 0 Å². The molecule has 1 N–H and O–H groups in total. The predicted octanol–water partition coefficient (Wildman–Crippen LogP) is 5.93. The van der Waals surface area contributed by atoms with Crippen molar-refractivity contribution < 1.29 is 14.7 Å². The monoisotopic (exact) mass is 553 g/mol. The lowest BCUT2D eigenvalue weighted by molar-refractivity contribution is -0.136. The molecule has 1 amide bonds. The van der Waals surface area contributed by atoms with Crippen molar-refractivity contribution in [3.05, 3.63) is 83.9 Å². The first kappa shape index (κ1) is 20.8. The van der Waals surface area contributed by atoms with Crippen molar-refractivity contribution in [1.82, 2.24) is 0 Å². The summed E-state index contributed by atoms with van der Waals surface area (Å²) in [6, 6.07) is 16.0. The average Bonchev–Trinajstić information content (AvgIpc) is 3.20. The van der Waals surface area contributed by atoms with E-state index in [0.717, 1.165) is 9.35 Å². The number of hydrogen-bond acceptors (Lipinski definition) is 4. The summed E-state index contributed by atoms with van der Waals surface area (Å²) in [7, 11) is 0. The van der Waals surface area contributed by atoms with Gasteiger partial charge < -0.3 is 10.0 Å². The number of fused-ring (bicyclic) bond motifs is 1. The molecule has 8 heteroatoms. The Morgan fingerprint density at radius 2 is 1.90 bits per heavy atom. The van der Waals surface area contributed by atoms with E-state index in [9.17, 15) is 14.7 Å². The molecule has 0 fully saturated rings. The number of halogens is 3. The lowest BCUT2D eigenvalue weighted by Gasteiger charge is -2.23. The van der Waals surface area contributed by atoms with Gasteiger partial charge >= 0.3 is 0 Å². The zero-order chi connectivity index (χ0) is 20.8. The van der Waals surface area contributed by atoms with Crippen molar-refractivity contribution in [2.24, 2.45) is 0 Å². The van der Waals surface area contributed by atoms with Gasteiger partial charge in [0.25, 0.3) is 5.91 Å². The molecule has 1 atom stereocenters. The molecule has 29 heavy (non-hydrogen) atoms. The SMILES string of the molecule is O=C(CC1(O)C(=O)N(Cc2ccccc2Cl)c2ccc(Br)cc21)c1ccc(Br)s1. The van der Waals surface area contributed by atoms with Crippen molar-refractivity contribution in [3.8, 4) is 0 Å². The van der Waals surface area contributed by atoms with Crippen LogP contribution in [0.15, 0.2) is 62.9 Å². The molecule has 1 unspecified atom stereocenters. The number of amides is 1. The van der Waals surface area contributed by atoms with Crippen LogP contribution in [0, 0.1) is 0 Å². The molecule has 1 aliphatic heterocycles. The summed E-state index contributed by atoms with van der Waals surface area (Å²) in [6.07, 6.45) is -0.332. The summed E-state index contributed by atoms with van der Waals surface area (Å²) in [5.74, 6) is -0.823. The minimum absolute atomic E-state index is 0.203. The second kappa shape index (κ2) is 7.96. The number of thiophene rings is 1. The molecule has 4 rings (SSSR count). The average molecular weight is 556 g/mol. The number of hydrogen-bond donors (Lipinski definition) is 1. The lowest BCUT2D eigenvalue weighted by Crippen LogP contribution is -2.41. The van der Waals surface area contributed by atoms with E-state index in [0.29, 0.717) is 25.6 Å². The van der Waals surface area contributed by atoms with Gasteiger partial charge in [0.2, 0.25) is 0 Å². The standard InChI is InChI=1S/C21H14Br2ClNO3S/c22-13-5-6-16-14(9-13)21(28,10-17(26)18-7-8-19(23)29-18)20(27)25(16)11-12-3-1-2-4-15(12)24/h1-9,28H,10-11H2. The predicted molar refractivity (Wildman–Crippen MR) is 122 cm³/mol. The molecule has 1 aromatic heterocycles. The molecular weight excluding hydrogens is 542 g/mol. The molecule has 0 aliphatic carbocycles. The highest BCUT2D eigenvalue weighted by Gasteiger charge is 2.51. The van der Waals surface area contributed by atoms with Crippen molar-refractivity contribution in [2.45, 2.75) is 18.6 Å². The van der Waals surface area contributed by atoms with E-state index in [1.165, 1.54) is 16.2 Å². The Morgan fingerprint density at radius 3 is 2.59 bits per heavy atom. The van der Waals surface area contributed by atoms with E-state index in [-0.39, 0.29) is 18.7 Å². The van der Waals surface area contributed by atoms with Gasteiger partial charge in [-0.1, -0.05) is 45.7 Å². The van der Waals surface area contributed by atoms with Crippen molar-refractivity contribution in [1.29, 1.82) is 0 Å². The van der Waals surface area contributed by atoms with E-state index in [1.807, 2.05) is 18.2 Å². The number of aliphatic hydroxyl groups is 1. The Morgan fingerprint density at radius 1 is 1.14 bits per heavy atom. The Bertz CT molecular complexity index is 1130. The topological polar surface area (TPSA) is 57.6 Å². The molecule has 0 spiro atoms. The van der Waals surface area contributed by atoms with E-state index < -0.39 is 11.5 Å². The molecule has 0 radical (unpaired) electrons. The summed E-state index contributed by atoms with van der Waals surface area (Å²) in [6.45, 7) is 0.203. The minimum atomic E-state index is -1.94. The molecule has 2 heterocycles. The quantitative estimate of drug-likeness (QED) is 0.397. The molecule has 0 saturated heterocycles. The van der Waals surface area contributed by atoms with Gasteiger partial charge in [0.15, 0.2) is 11.4 Å². The molecule has 0 saturated carbocycles. The highest BCUT2D eigenvalue weighted by atomic mass is 79.9. The Balaban J connectivity index is 1.73. The van der Waals surface area contributed by atoms with Gasteiger partial charge in [-0.05, 0) is 57.9 Å². The lowest BCUT2D eigenvalue weighted by atomic mass is 9.89. The van der Waals surface area contributed by atoms with E-state index in [2.05, 4.69) is 31.9 Å². The van der Waals surface area contributed by atoms with Gasteiger partial charge in [-0.3, -0.25) is 9.59 Å². The maximum absolute atomic E-state index is 13.3. The smallest absolute Gasteiger partial charge is 0.264 e. The first-order valence-electron chi connectivity index (χ1n) is 8.66. The first-order valence-corrected chi connectivity index (χ1v) is 11.4. The van der Waals surface area contributed by atoms with Gasteiger partial charge in [-0.2, -0.15) is 0 Å². The van der Waals surface area contributed by atoms with Gasteiger partial charge in [0, 0.05) is 15.1 Å². The summed E-state index contributed by atoms with van der Waals surface area (Å²) in [5.41, 5.74) is -0.198.